The molecule has 0 aliphatic carbocycles. The summed E-state index contributed by atoms with van der Waals surface area (Å²) in [5.41, 5.74) is -1.88. The molecule has 5 heteroatoms. The molecule has 4 atom stereocenters. The van der Waals surface area contributed by atoms with Gasteiger partial charge in [-0.3, -0.25) is 0 Å². The molecule has 1 rings (SSSR count). The summed E-state index contributed by atoms with van der Waals surface area (Å²) in [4.78, 5) is 0. The van der Waals surface area contributed by atoms with E-state index in [-0.39, 0.29) is 6.61 Å². The van der Waals surface area contributed by atoms with Crippen LogP contribution in [0.3, 0.4) is 0 Å². The molecule has 4 nitrogen and oxygen atoms in total. The molecule has 1 heterocycles. The quantitative estimate of drug-likeness (QED) is 0.698. The van der Waals surface area contributed by atoms with Crippen molar-refractivity contribution in [2.45, 2.75) is 57.8 Å². The van der Waals surface area contributed by atoms with Crippen LogP contribution in [0.15, 0.2) is 0 Å². The average Bonchev–Trinajstić information content (AvgIpc) is 2.48. The minimum atomic E-state index is -1.88. The van der Waals surface area contributed by atoms with Gasteiger partial charge in [0, 0.05) is 13.2 Å². The fraction of sp³-hybridized carbons (Fsp3) is 1.00. The van der Waals surface area contributed by atoms with Gasteiger partial charge in [0.15, 0.2) is 12.0 Å². The molecule has 0 spiro atoms. The van der Waals surface area contributed by atoms with E-state index in [1.54, 1.807) is 0 Å². The maximum atomic E-state index is 14.2. The number of aliphatic hydroxyl groups excluding tert-OH is 1. The predicted molar refractivity (Wildman–Crippen MR) is 61.5 cm³/mol. The first kappa shape index (κ1) is 14.8. The Hall–Kier alpha value is -0.230. The number of rotatable bonds is 7. The van der Waals surface area contributed by atoms with Gasteiger partial charge in [-0.05, 0) is 19.8 Å². The van der Waals surface area contributed by atoms with E-state index in [1.807, 2.05) is 13.8 Å². The highest BCUT2D eigenvalue weighted by molar-refractivity contribution is 4.98. The number of hydrogen-bond donors (Lipinski definition) is 1. The monoisotopic (exact) mass is 250 g/mol. The smallest absolute Gasteiger partial charge is 0.192 e. The summed E-state index contributed by atoms with van der Waals surface area (Å²) >= 11 is 0. The first-order chi connectivity index (χ1) is 8.04. The standard InChI is InChI=1S/C12H23FO4/c1-4-6-15-8-9-10(16-7-5-2)12(3,13)11(14)17-9/h9-11,14H,4-8H2,1-3H3/t9-,10?,11-,12-/m1/s1. The second-order valence-corrected chi connectivity index (χ2v) is 4.54. The Morgan fingerprint density at radius 3 is 2.53 bits per heavy atom. The predicted octanol–water partition coefficient (Wildman–Crippen LogP) is 1.65. The normalized spacial score (nSPS) is 37.6. The van der Waals surface area contributed by atoms with Crippen molar-refractivity contribution in [1.82, 2.24) is 0 Å². The SMILES string of the molecule is CCCOC[C@H]1O[C@@H](O)[C@](C)(F)C1OCCC. The maximum Gasteiger partial charge on any atom is 0.192 e. The Morgan fingerprint density at radius 2 is 1.94 bits per heavy atom. The van der Waals surface area contributed by atoms with Crippen LogP contribution in [0.1, 0.15) is 33.6 Å². The third kappa shape index (κ3) is 3.61. The van der Waals surface area contributed by atoms with Crippen LogP contribution in [0, 0.1) is 0 Å². The minimum absolute atomic E-state index is 0.249. The first-order valence-corrected chi connectivity index (χ1v) is 6.25. The highest BCUT2D eigenvalue weighted by Crippen LogP contribution is 2.35. The van der Waals surface area contributed by atoms with E-state index in [0.717, 1.165) is 12.8 Å². The number of halogens is 1. The summed E-state index contributed by atoms with van der Waals surface area (Å²) in [6.07, 6.45) is -1.07. The third-order valence-electron chi connectivity index (χ3n) is 2.81. The van der Waals surface area contributed by atoms with Gasteiger partial charge in [0.05, 0.1) is 6.61 Å². The Kier molecular flexibility index (Phi) is 5.79. The van der Waals surface area contributed by atoms with Crippen molar-refractivity contribution in [3.8, 4) is 0 Å². The molecule has 1 saturated heterocycles. The van der Waals surface area contributed by atoms with Gasteiger partial charge in [0.2, 0.25) is 0 Å². The molecule has 0 bridgehead atoms. The van der Waals surface area contributed by atoms with Gasteiger partial charge in [-0.1, -0.05) is 13.8 Å². The molecule has 17 heavy (non-hydrogen) atoms. The molecule has 1 fully saturated rings. The number of alkyl halides is 1. The average molecular weight is 250 g/mol. The zero-order chi connectivity index (χ0) is 12.9. The highest BCUT2D eigenvalue weighted by atomic mass is 19.1. The molecule has 1 aliphatic heterocycles. The van der Waals surface area contributed by atoms with E-state index in [4.69, 9.17) is 14.2 Å². The number of hydrogen-bond acceptors (Lipinski definition) is 4. The van der Waals surface area contributed by atoms with Crippen molar-refractivity contribution < 1.29 is 23.7 Å². The van der Waals surface area contributed by atoms with Crippen molar-refractivity contribution in [3.05, 3.63) is 0 Å². The van der Waals surface area contributed by atoms with Crippen LogP contribution in [0.25, 0.3) is 0 Å². The second kappa shape index (κ2) is 6.64. The lowest BCUT2D eigenvalue weighted by molar-refractivity contribution is -0.146. The Bertz CT molecular complexity index is 223. The van der Waals surface area contributed by atoms with Crippen LogP contribution in [-0.2, 0) is 14.2 Å². The molecular weight excluding hydrogens is 227 g/mol. The van der Waals surface area contributed by atoms with E-state index < -0.39 is 24.2 Å². The minimum Gasteiger partial charge on any atom is -0.379 e. The summed E-state index contributed by atoms with van der Waals surface area (Å²) in [6, 6.07) is 0. The van der Waals surface area contributed by atoms with Crippen molar-refractivity contribution >= 4 is 0 Å². The third-order valence-corrected chi connectivity index (χ3v) is 2.81. The van der Waals surface area contributed by atoms with E-state index in [9.17, 15) is 9.50 Å². The van der Waals surface area contributed by atoms with Gasteiger partial charge < -0.3 is 19.3 Å². The number of aliphatic hydroxyl groups is 1. The van der Waals surface area contributed by atoms with E-state index in [1.165, 1.54) is 6.92 Å². The van der Waals surface area contributed by atoms with Crippen molar-refractivity contribution in [1.29, 1.82) is 0 Å². The summed E-state index contributed by atoms with van der Waals surface area (Å²) in [5.74, 6) is 0. The molecular formula is C12H23FO4. The molecule has 0 amide bonds. The fourth-order valence-electron chi connectivity index (χ4n) is 1.86. The second-order valence-electron chi connectivity index (χ2n) is 4.54. The summed E-state index contributed by atoms with van der Waals surface area (Å²) in [5, 5.41) is 9.52. The van der Waals surface area contributed by atoms with Gasteiger partial charge in [-0.15, -0.1) is 0 Å². The van der Waals surface area contributed by atoms with Crippen LogP contribution >= 0.6 is 0 Å². The van der Waals surface area contributed by atoms with E-state index in [0.29, 0.717) is 13.2 Å². The lowest BCUT2D eigenvalue weighted by atomic mass is 9.99. The number of ether oxygens (including phenoxy) is 3. The molecule has 0 aromatic rings. The van der Waals surface area contributed by atoms with Crippen molar-refractivity contribution in [2.75, 3.05) is 19.8 Å². The van der Waals surface area contributed by atoms with Crippen LogP contribution in [-0.4, -0.2) is 49.1 Å². The van der Waals surface area contributed by atoms with Gasteiger partial charge >= 0.3 is 0 Å². The van der Waals surface area contributed by atoms with Gasteiger partial charge in [0.25, 0.3) is 0 Å². The summed E-state index contributed by atoms with van der Waals surface area (Å²) < 4.78 is 30.1. The Balaban J connectivity index is 2.55. The Labute approximate surface area is 102 Å². The lowest BCUT2D eigenvalue weighted by Crippen LogP contribution is -2.44. The zero-order valence-corrected chi connectivity index (χ0v) is 10.8. The molecule has 0 radical (unpaired) electrons. The topological polar surface area (TPSA) is 47.9 Å². The maximum absolute atomic E-state index is 14.2. The largest absolute Gasteiger partial charge is 0.379 e. The van der Waals surface area contributed by atoms with Crippen LogP contribution in [0.4, 0.5) is 4.39 Å². The molecule has 102 valence electrons. The summed E-state index contributed by atoms with van der Waals surface area (Å²) in [7, 11) is 0. The van der Waals surface area contributed by atoms with Gasteiger partial charge in [0.1, 0.15) is 12.2 Å². The fourth-order valence-corrected chi connectivity index (χ4v) is 1.86. The van der Waals surface area contributed by atoms with Crippen LogP contribution < -0.4 is 0 Å². The highest BCUT2D eigenvalue weighted by Gasteiger charge is 2.54. The van der Waals surface area contributed by atoms with Gasteiger partial charge in [-0.2, -0.15) is 0 Å². The van der Waals surface area contributed by atoms with E-state index in [2.05, 4.69) is 0 Å². The molecule has 1 N–H and O–H groups in total. The molecule has 0 aromatic heterocycles. The van der Waals surface area contributed by atoms with Crippen LogP contribution in [0.5, 0.6) is 0 Å². The molecule has 1 unspecified atom stereocenters. The van der Waals surface area contributed by atoms with Gasteiger partial charge in [-0.25, -0.2) is 4.39 Å². The van der Waals surface area contributed by atoms with Crippen LogP contribution in [0.2, 0.25) is 0 Å². The zero-order valence-electron chi connectivity index (χ0n) is 10.8. The molecule has 1 aliphatic rings. The van der Waals surface area contributed by atoms with Crippen molar-refractivity contribution in [2.24, 2.45) is 0 Å². The van der Waals surface area contributed by atoms with Crippen molar-refractivity contribution in [3.63, 3.8) is 0 Å². The Morgan fingerprint density at radius 1 is 1.29 bits per heavy atom. The van der Waals surface area contributed by atoms with E-state index >= 15 is 0 Å². The molecule has 0 aromatic carbocycles. The first-order valence-electron chi connectivity index (χ1n) is 6.25. The lowest BCUT2D eigenvalue weighted by Gasteiger charge is -2.25. The molecule has 0 saturated carbocycles. The summed E-state index contributed by atoms with van der Waals surface area (Å²) in [6.45, 7) is 6.54.